The Morgan fingerprint density at radius 2 is 2.06 bits per heavy atom. The molecule has 3 nitrogen and oxygen atoms in total. The summed E-state index contributed by atoms with van der Waals surface area (Å²) in [7, 11) is 0. The third kappa shape index (κ3) is 2.41. The molecule has 0 fully saturated rings. The fourth-order valence-electron chi connectivity index (χ4n) is 2.47. The lowest BCUT2D eigenvalue weighted by Crippen LogP contribution is -2.49. The van der Waals surface area contributed by atoms with Crippen LogP contribution in [0.4, 0.5) is 5.69 Å². The maximum atomic E-state index is 12.4. The minimum Gasteiger partial charge on any atom is -0.320 e. The number of fused-ring (bicyclic) bond motifs is 1. The van der Waals surface area contributed by atoms with Crippen LogP contribution in [0, 0.1) is 11.8 Å². The highest BCUT2D eigenvalue weighted by molar-refractivity contribution is 5.98. The van der Waals surface area contributed by atoms with E-state index in [1.165, 1.54) is 5.56 Å². The van der Waals surface area contributed by atoms with Crippen molar-refractivity contribution < 1.29 is 4.79 Å². The smallest absolute Gasteiger partial charge is 0.244 e. The van der Waals surface area contributed by atoms with Gasteiger partial charge >= 0.3 is 0 Å². The molecule has 1 aromatic rings. The van der Waals surface area contributed by atoms with Crippen LogP contribution in [-0.2, 0) is 11.2 Å². The van der Waals surface area contributed by atoms with Gasteiger partial charge in [-0.3, -0.25) is 4.79 Å². The van der Waals surface area contributed by atoms with Crippen LogP contribution >= 0.6 is 0 Å². The van der Waals surface area contributed by atoms with Gasteiger partial charge < -0.3 is 10.6 Å². The first-order valence-electron chi connectivity index (χ1n) is 6.65. The number of benzene rings is 1. The van der Waals surface area contributed by atoms with Crippen molar-refractivity contribution in [1.29, 1.82) is 0 Å². The molecule has 2 atom stereocenters. The Bertz CT molecular complexity index is 442. The molecular weight excluding hydrogens is 224 g/mol. The van der Waals surface area contributed by atoms with Crippen molar-refractivity contribution in [3.05, 3.63) is 29.8 Å². The average Bonchev–Trinajstić information content (AvgIpc) is 2.35. The summed E-state index contributed by atoms with van der Waals surface area (Å²) in [6.45, 7) is 6.93. The second kappa shape index (κ2) is 5.11. The second-order valence-electron chi connectivity index (χ2n) is 5.66. The van der Waals surface area contributed by atoms with Crippen molar-refractivity contribution >= 4 is 11.6 Å². The highest BCUT2D eigenvalue weighted by Crippen LogP contribution is 2.30. The summed E-state index contributed by atoms with van der Waals surface area (Å²) in [5, 5.41) is 0. The van der Waals surface area contributed by atoms with Crippen molar-refractivity contribution in [2.45, 2.75) is 33.2 Å². The maximum Gasteiger partial charge on any atom is 0.244 e. The standard InChI is InChI=1S/C15H22N2O/c1-10(2)14(16)15(18)17-9-11(3)8-12-6-4-5-7-13(12)17/h4-7,10-11,14H,8-9,16H2,1-3H3/t11?,14-/m1/s1. The lowest BCUT2D eigenvalue weighted by molar-refractivity contribution is -0.120. The Morgan fingerprint density at radius 1 is 1.39 bits per heavy atom. The minimum atomic E-state index is -0.414. The summed E-state index contributed by atoms with van der Waals surface area (Å²) in [4.78, 5) is 14.3. The number of carbonyl (C=O) groups excluding carboxylic acids is 1. The van der Waals surface area contributed by atoms with Gasteiger partial charge in [0.15, 0.2) is 0 Å². The molecule has 1 amide bonds. The summed E-state index contributed by atoms with van der Waals surface area (Å²) < 4.78 is 0. The first-order chi connectivity index (χ1) is 8.50. The van der Waals surface area contributed by atoms with E-state index in [4.69, 9.17) is 5.73 Å². The zero-order valence-electron chi connectivity index (χ0n) is 11.4. The van der Waals surface area contributed by atoms with Gasteiger partial charge in [-0.15, -0.1) is 0 Å². The normalized spacial score (nSPS) is 20.7. The number of hydrogen-bond acceptors (Lipinski definition) is 2. The topological polar surface area (TPSA) is 46.3 Å². The molecular formula is C15H22N2O. The van der Waals surface area contributed by atoms with Crippen LogP contribution in [0.15, 0.2) is 24.3 Å². The predicted molar refractivity (Wildman–Crippen MR) is 74.5 cm³/mol. The summed E-state index contributed by atoms with van der Waals surface area (Å²) in [6, 6.07) is 7.72. The van der Waals surface area contributed by atoms with Gasteiger partial charge in [0.05, 0.1) is 6.04 Å². The van der Waals surface area contributed by atoms with Crippen LogP contribution in [0.2, 0.25) is 0 Å². The molecule has 2 N–H and O–H groups in total. The van der Waals surface area contributed by atoms with Gasteiger partial charge in [-0.05, 0) is 29.9 Å². The van der Waals surface area contributed by atoms with Gasteiger partial charge in [0.2, 0.25) is 5.91 Å². The maximum absolute atomic E-state index is 12.4. The fourth-order valence-corrected chi connectivity index (χ4v) is 2.47. The third-order valence-corrected chi connectivity index (χ3v) is 3.61. The molecule has 0 bridgehead atoms. The minimum absolute atomic E-state index is 0.0454. The van der Waals surface area contributed by atoms with Crippen molar-refractivity contribution in [2.24, 2.45) is 17.6 Å². The van der Waals surface area contributed by atoms with E-state index in [0.717, 1.165) is 18.7 Å². The molecule has 1 heterocycles. The Morgan fingerprint density at radius 3 is 2.72 bits per heavy atom. The van der Waals surface area contributed by atoms with Crippen LogP contribution in [0.25, 0.3) is 0 Å². The summed E-state index contributed by atoms with van der Waals surface area (Å²) in [6.07, 6.45) is 1.04. The zero-order valence-corrected chi connectivity index (χ0v) is 11.4. The SMILES string of the molecule is CC1Cc2ccccc2N(C(=O)[C@H](N)C(C)C)C1. The molecule has 18 heavy (non-hydrogen) atoms. The van der Waals surface area contributed by atoms with E-state index in [2.05, 4.69) is 13.0 Å². The molecule has 1 unspecified atom stereocenters. The van der Waals surface area contributed by atoms with Crippen molar-refractivity contribution in [3.8, 4) is 0 Å². The predicted octanol–water partition coefficient (Wildman–Crippen LogP) is 2.20. The summed E-state index contributed by atoms with van der Waals surface area (Å²) in [5.74, 6) is 0.703. The Balaban J connectivity index is 2.31. The quantitative estimate of drug-likeness (QED) is 0.869. The van der Waals surface area contributed by atoms with Crippen molar-refractivity contribution in [2.75, 3.05) is 11.4 Å². The van der Waals surface area contributed by atoms with Crippen LogP contribution in [-0.4, -0.2) is 18.5 Å². The van der Waals surface area contributed by atoms with Gasteiger partial charge in [-0.1, -0.05) is 39.0 Å². The molecule has 0 saturated heterocycles. The second-order valence-corrected chi connectivity index (χ2v) is 5.66. The zero-order chi connectivity index (χ0) is 13.3. The van der Waals surface area contributed by atoms with Crippen LogP contribution in [0.1, 0.15) is 26.3 Å². The Hall–Kier alpha value is -1.35. The number of nitrogens with two attached hydrogens (primary N) is 1. The molecule has 0 saturated carbocycles. The number of amides is 1. The summed E-state index contributed by atoms with van der Waals surface area (Å²) in [5.41, 5.74) is 8.29. The van der Waals surface area contributed by atoms with E-state index in [0.29, 0.717) is 5.92 Å². The lowest BCUT2D eigenvalue weighted by atomic mass is 9.92. The summed E-state index contributed by atoms with van der Waals surface area (Å²) >= 11 is 0. The van der Waals surface area contributed by atoms with Crippen LogP contribution < -0.4 is 10.6 Å². The number of hydrogen-bond donors (Lipinski definition) is 1. The number of anilines is 1. The van der Waals surface area contributed by atoms with Crippen molar-refractivity contribution in [1.82, 2.24) is 0 Å². The molecule has 2 rings (SSSR count). The van der Waals surface area contributed by atoms with Crippen LogP contribution in [0.5, 0.6) is 0 Å². The third-order valence-electron chi connectivity index (χ3n) is 3.61. The highest BCUT2D eigenvalue weighted by atomic mass is 16.2. The van der Waals surface area contributed by atoms with Gasteiger partial charge in [0, 0.05) is 12.2 Å². The van der Waals surface area contributed by atoms with Crippen LogP contribution in [0.3, 0.4) is 0 Å². The molecule has 1 aromatic carbocycles. The lowest BCUT2D eigenvalue weighted by Gasteiger charge is -2.35. The largest absolute Gasteiger partial charge is 0.320 e. The molecule has 0 aromatic heterocycles. The first kappa shape index (κ1) is 13.1. The van der Waals surface area contributed by atoms with E-state index < -0.39 is 6.04 Å². The van der Waals surface area contributed by atoms with E-state index in [1.807, 2.05) is 36.9 Å². The van der Waals surface area contributed by atoms with E-state index >= 15 is 0 Å². The Labute approximate surface area is 109 Å². The average molecular weight is 246 g/mol. The number of para-hydroxylation sites is 1. The monoisotopic (exact) mass is 246 g/mol. The highest BCUT2D eigenvalue weighted by Gasteiger charge is 2.30. The van der Waals surface area contributed by atoms with Crippen molar-refractivity contribution in [3.63, 3.8) is 0 Å². The fraction of sp³-hybridized carbons (Fsp3) is 0.533. The number of nitrogens with zero attached hydrogens (tertiary/aromatic N) is 1. The number of rotatable bonds is 2. The molecule has 1 aliphatic rings. The van der Waals surface area contributed by atoms with Gasteiger partial charge in [-0.2, -0.15) is 0 Å². The van der Waals surface area contributed by atoms with Gasteiger partial charge in [-0.25, -0.2) is 0 Å². The van der Waals surface area contributed by atoms with Gasteiger partial charge in [0.1, 0.15) is 0 Å². The molecule has 0 radical (unpaired) electrons. The van der Waals surface area contributed by atoms with E-state index in [-0.39, 0.29) is 11.8 Å². The molecule has 3 heteroatoms. The molecule has 0 aliphatic carbocycles. The van der Waals surface area contributed by atoms with E-state index in [1.54, 1.807) is 0 Å². The molecule has 98 valence electrons. The van der Waals surface area contributed by atoms with E-state index in [9.17, 15) is 4.79 Å². The molecule has 0 spiro atoms. The first-order valence-corrected chi connectivity index (χ1v) is 6.65. The Kier molecular flexibility index (Phi) is 3.71. The van der Waals surface area contributed by atoms with Gasteiger partial charge in [0.25, 0.3) is 0 Å². The number of carbonyl (C=O) groups is 1. The molecule has 1 aliphatic heterocycles.